The van der Waals surface area contributed by atoms with Gasteiger partial charge >= 0.3 is 0 Å². The van der Waals surface area contributed by atoms with Crippen LogP contribution in [0.1, 0.15) is 36.1 Å². The van der Waals surface area contributed by atoms with Crippen molar-refractivity contribution in [2.24, 2.45) is 4.99 Å². The van der Waals surface area contributed by atoms with Crippen LogP contribution in [-0.2, 0) is 35.9 Å². The van der Waals surface area contributed by atoms with Crippen LogP contribution >= 0.6 is 24.0 Å². The highest BCUT2D eigenvalue weighted by Gasteiger charge is 2.17. The predicted octanol–water partition coefficient (Wildman–Crippen LogP) is 1.81. The molecule has 2 N–H and O–H groups in total. The van der Waals surface area contributed by atoms with E-state index in [0.717, 1.165) is 48.7 Å². The Morgan fingerprint density at radius 3 is 2.75 bits per heavy atom. The van der Waals surface area contributed by atoms with Crippen molar-refractivity contribution in [3.63, 3.8) is 0 Å². The predicted molar refractivity (Wildman–Crippen MR) is 120 cm³/mol. The van der Waals surface area contributed by atoms with E-state index in [0.29, 0.717) is 23.9 Å². The first-order valence-electron chi connectivity index (χ1n) is 9.11. The summed E-state index contributed by atoms with van der Waals surface area (Å²) in [7, 11) is -3.20. The smallest absolute Gasteiger partial charge is 0.191 e. The number of rotatable bonds is 6. The molecule has 0 amide bonds. The summed E-state index contributed by atoms with van der Waals surface area (Å²) in [5.74, 6) is 2.66. The van der Waals surface area contributed by atoms with Crippen molar-refractivity contribution < 1.29 is 8.42 Å². The lowest BCUT2D eigenvalue weighted by molar-refractivity contribution is 0.601. The topological polar surface area (TPSA) is 101 Å². The van der Waals surface area contributed by atoms with Crippen molar-refractivity contribution in [2.45, 2.75) is 51.2 Å². The van der Waals surface area contributed by atoms with Crippen molar-refractivity contribution in [1.29, 1.82) is 0 Å². The molecule has 0 saturated heterocycles. The van der Waals surface area contributed by atoms with Crippen molar-refractivity contribution in [2.75, 3.05) is 12.8 Å². The first-order chi connectivity index (χ1) is 12.9. The van der Waals surface area contributed by atoms with Gasteiger partial charge in [-0.05, 0) is 37.5 Å². The van der Waals surface area contributed by atoms with Gasteiger partial charge in [-0.15, -0.1) is 34.2 Å². The summed E-state index contributed by atoms with van der Waals surface area (Å²) < 4.78 is 25.6. The van der Waals surface area contributed by atoms with Gasteiger partial charge in [0, 0.05) is 25.8 Å². The van der Waals surface area contributed by atoms with E-state index in [-0.39, 0.29) is 24.0 Å². The van der Waals surface area contributed by atoms with Crippen molar-refractivity contribution in [3.05, 3.63) is 41.0 Å². The van der Waals surface area contributed by atoms with E-state index < -0.39 is 9.84 Å². The van der Waals surface area contributed by atoms with E-state index in [9.17, 15) is 8.42 Å². The van der Waals surface area contributed by atoms with Crippen LogP contribution in [0.4, 0.5) is 0 Å². The fraction of sp³-hybridized carbons (Fsp3) is 0.500. The average molecular weight is 518 g/mol. The first kappa shape index (κ1) is 22.6. The average Bonchev–Trinajstić information content (AvgIpc) is 3.20. The lowest BCUT2D eigenvalue weighted by atomic mass is 10.1. The number of fused-ring (bicyclic) bond motifs is 1. The van der Waals surface area contributed by atoms with Gasteiger partial charge < -0.3 is 15.2 Å². The molecule has 0 atom stereocenters. The minimum Gasteiger partial charge on any atom is -0.357 e. The minimum absolute atomic E-state index is 0. The van der Waals surface area contributed by atoms with E-state index in [1.54, 1.807) is 13.0 Å². The molecule has 0 aliphatic carbocycles. The SMILES string of the molecule is CCNC(=NCc1ccc(S(C)(=O)=O)c(C)c1)NCc1nnc2n1CCC2.I. The number of halogens is 1. The van der Waals surface area contributed by atoms with Crippen molar-refractivity contribution in [3.8, 4) is 0 Å². The summed E-state index contributed by atoms with van der Waals surface area (Å²) in [4.78, 5) is 4.96. The van der Waals surface area contributed by atoms with Gasteiger partial charge in [-0.25, -0.2) is 13.4 Å². The van der Waals surface area contributed by atoms with Crippen LogP contribution in [0, 0.1) is 6.92 Å². The normalized spacial score (nSPS) is 13.8. The molecule has 154 valence electrons. The van der Waals surface area contributed by atoms with Crippen LogP contribution in [0.2, 0.25) is 0 Å². The zero-order chi connectivity index (χ0) is 19.4. The standard InChI is InChI=1S/C18H26N6O2S.HI/c1-4-19-18(21-12-17-23-22-16-6-5-9-24(16)17)20-11-14-7-8-15(13(2)10-14)27(3,25)26;/h7-8,10H,4-6,9,11-12H2,1-3H3,(H2,19,20,21);1H. The second-order valence-electron chi connectivity index (χ2n) is 6.71. The zero-order valence-corrected chi connectivity index (χ0v) is 19.5. The number of aryl methyl sites for hydroxylation is 2. The maximum atomic E-state index is 11.7. The van der Waals surface area contributed by atoms with Crippen LogP contribution in [0.5, 0.6) is 0 Å². The molecular formula is C18H27IN6O2S. The molecule has 0 radical (unpaired) electrons. The summed E-state index contributed by atoms with van der Waals surface area (Å²) in [5.41, 5.74) is 1.70. The second kappa shape index (κ2) is 9.68. The third kappa shape index (κ3) is 5.43. The summed E-state index contributed by atoms with van der Waals surface area (Å²) >= 11 is 0. The van der Waals surface area contributed by atoms with Crippen LogP contribution in [0.25, 0.3) is 0 Å². The van der Waals surface area contributed by atoms with Crippen molar-refractivity contribution in [1.82, 2.24) is 25.4 Å². The Balaban J connectivity index is 0.00000280. The van der Waals surface area contributed by atoms with E-state index in [2.05, 4.69) is 30.4 Å². The number of aliphatic imine (C=N–C) groups is 1. The van der Waals surface area contributed by atoms with Gasteiger partial charge in [-0.3, -0.25) is 0 Å². The summed E-state index contributed by atoms with van der Waals surface area (Å²) in [6, 6.07) is 5.33. The molecule has 3 rings (SSSR count). The molecular weight excluding hydrogens is 491 g/mol. The number of hydrogen-bond donors (Lipinski definition) is 2. The molecule has 1 aliphatic rings. The fourth-order valence-corrected chi connectivity index (χ4v) is 4.20. The Kier molecular flexibility index (Phi) is 7.81. The third-order valence-corrected chi connectivity index (χ3v) is 5.76. The molecule has 1 aromatic heterocycles. The fourth-order valence-electron chi connectivity index (χ4n) is 3.24. The van der Waals surface area contributed by atoms with E-state index in [1.165, 1.54) is 6.26 Å². The summed E-state index contributed by atoms with van der Waals surface area (Å²) in [6.07, 6.45) is 3.33. The molecule has 0 unspecified atom stereocenters. The van der Waals surface area contributed by atoms with E-state index in [4.69, 9.17) is 0 Å². The highest BCUT2D eigenvalue weighted by Crippen LogP contribution is 2.17. The number of nitrogens with one attached hydrogen (secondary N) is 2. The van der Waals surface area contributed by atoms with Gasteiger partial charge in [-0.1, -0.05) is 12.1 Å². The van der Waals surface area contributed by atoms with E-state index >= 15 is 0 Å². The number of sulfone groups is 1. The highest BCUT2D eigenvalue weighted by atomic mass is 127. The van der Waals surface area contributed by atoms with Gasteiger partial charge in [0.15, 0.2) is 21.6 Å². The molecule has 2 heterocycles. The number of guanidine groups is 1. The van der Waals surface area contributed by atoms with Gasteiger partial charge in [0.1, 0.15) is 5.82 Å². The first-order valence-corrected chi connectivity index (χ1v) is 11.0. The lowest BCUT2D eigenvalue weighted by Crippen LogP contribution is -2.37. The van der Waals surface area contributed by atoms with E-state index in [1.807, 2.05) is 19.1 Å². The Bertz CT molecular complexity index is 955. The summed E-state index contributed by atoms with van der Waals surface area (Å²) in [6.45, 7) is 6.55. The van der Waals surface area contributed by atoms with Gasteiger partial charge in [0.2, 0.25) is 0 Å². The largest absolute Gasteiger partial charge is 0.357 e. The Morgan fingerprint density at radius 1 is 1.29 bits per heavy atom. The number of benzene rings is 1. The molecule has 28 heavy (non-hydrogen) atoms. The Hall–Kier alpha value is -1.69. The molecule has 1 aliphatic heterocycles. The quantitative estimate of drug-likeness (QED) is 0.344. The molecule has 0 bridgehead atoms. The maximum Gasteiger partial charge on any atom is 0.191 e. The number of aromatic nitrogens is 3. The van der Waals surface area contributed by atoms with Crippen molar-refractivity contribution >= 4 is 39.8 Å². The molecule has 1 aromatic carbocycles. The van der Waals surface area contributed by atoms with Crippen LogP contribution in [0.3, 0.4) is 0 Å². The van der Waals surface area contributed by atoms with Gasteiger partial charge in [0.25, 0.3) is 0 Å². The molecule has 2 aromatic rings. The number of hydrogen-bond acceptors (Lipinski definition) is 5. The lowest BCUT2D eigenvalue weighted by Gasteiger charge is -2.12. The Labute approximate surface area is 183 Å². The monoisotopic (exact) mass is 518 g/mol. The molecule has 10 heteroatoms. The van der Waals surface area contributed by atoms with Crippen LogP contribution < -0.4 is 10.6 Å². The van der Waals surface area contributed by atoms with Crippen LogP contribution in [0.15, 0.2) is 28.1 Å². The maximum absolute atomic E-state index is 11.7. The molecule has 0 spiro atoms. The second-order valence-corrected chi connectivity index (χ2v) is 8.69. The van der Waals surface area contributed by atoms with Gasteiger partial charge in [0.05, 0.1) is 18.0 Å². The minimum atomic E-state index is -3.20. The van der Waals surface area contributed by atoms with Crippen LogP contribution in [-0.4, -0.2) is 41.9 Å². The summed E-state index contributed by atoms with van der Waals surface area (Å²) in [5, 5.41) is 15.0. The molecule has 0 fully saturated rings. The number of nitrogens with zero attached hydrogens (tertiary/aromatic N) is 4. The van der Waals surface area contributed by atoms with Gasteiger partial charge in [-0.2, -0.15) is 0 Å². The zero-order valence-electron chi connectivity index (χ0n) is 16.4. The third-order valence-electron chi connectivity index (χ3n) is 4.50. The Morgan fingerprint density at radius 2 is 2.07 bits per heavy atom. The molecule has 0 saturated carbocycles. The highest BCUT2D eigenvalue weighted by molar-refractivity contribution is 14.0. The molecule has 8 nitrogen and oxygen atoms in total.